The van der Waals surface area contributed by atoms with Gasteiger partial charge in [-0.25, -0.2) is 9.78 Å². The van der Waals surface area contributed by atoms with Crippen molar-refractivity contribution < 1.29 is 14.6 Å². The lowest BCUT2D eigenvalue weighted by molar-refractivity contribution is 0.0687. The van der Waals surface area contributed by atoms with E-state index in [2.05, 4.69) is 20.9 Å². The van der Waals surface area contributed by atoms with Gasteiger partial charge in [0.1, 0.15) is 11.8 Å². The molecule has 1 heterocycles. The molecule has 19 heavy (non-hydrogen) atoms. The van der Waals surface area contributed by atoms with Crippen molar-refractivity contribution in [2.75, 3.05) is 0 Å². The number of hydrogen-bond donors (Lipinski definition) is 1. The molecule has 1 aromatic carbocycles. The third-order valence-electron chi connectivity index (χ3n) is 2.26. The number of hydrogen-bond acceptors (Lipinski definition) is 4. The van der Waals surface area contributed by atoms with Crippen molar-refractivity contribution in [1.29, 1.82) is 5.26 Å². The second kappa shape index (κ2) is 5.50. The smallest absolute Gasteiger partial charge is 0.358 e. The molecule has 0 amide bonds. The Morgan fingerprint density at radius 1 is 1.42 bits per heavy atom. The van der Waals surface area contributed by atoms with Gasteiger partial charge < -0.3 is 9.84 Å². The van der Waals surface area contributed by atoms with Gasteiger partial charge in [-0.15, -0.1) is 0 Å². The second-order valence-corrected chi connectivity index (χ2v) is 4.37. The summed E-state index contributed by atoms with van der Waals surface area (Å²) in [6.45, 7) is 0. The third kappa shape index (κ3) is 2.89. The van der Waals surface area contributed by atoms with Crippen LogP contribution in [-0.4, -0.2) is 16.1 Å². The molecule has 6 heteroatoms. The summed E-state index contributed by atoms with van der Waals surface area (Å²) >= 11 is 3.23. The van der Waals surface area contributed by atoms with Crippen molar-refractivity contribution >= 4 is 21.9 Å². The van der Waals surface area contributed by atoms with Crippen LogP contribution >= 0.6 is 15.9 Å². The molecule has 1 aromatic heterocycles. The van der Waals surface area contributed by atoms with Gasteiger partial charge >= 0.3 is 5.97 Å². The summed E-state index contributed by atoms with van der Waals surface area (Å²) in [7, 11) is 0. The lowest BCUT2D eigenvalue weighted by atomic mass is 10.2. The number of benzene rings is 1. The van der Waals surface area contributed by atoms with Crippen LogP contribution in [0.15, 0.2) is 41.0 Å². The number of ether oxygens (including phenoxy) is 1. The van der Waals surface area contributed by atoms with Gasteiger partial charge in [0, 0.05) is 10.7 Å². The lowest BCUT2D eigenvalue weighted by Gasteiger charge is -2.08. The highest BCUT2D eigenvalue weighted by atomic mass is 79.9. The minimum absolute atomic E-state index is 0.145. The fourth-order valence-corrected chi connectivity index (χ4v) is 1.86. The first-order valence-electron chi connectivity index (χ1n) is 5.17. The van der Waals surface area contributed by atoms with Crippen molar-refractivity contribution in [3.63, 3.8) is 0 Å². The summed E-state index contributed by atoms with van der Waals surface area (Å²) in [4.78, 5) is 14.7. The molecule has 0 saturated carbocycles. The number of rotatable bonds is 3. The quantitative estimate of drug-likeness (QED) is 0.939. The van der Waals surface area contributed by atoms with Gasteiger partial charge in [-0.05, 0) is 46.3 Å². The summed E-state index contributed by atoms with van der Waals surface area (Å²) in [6, 6.07) is 9.87. The fourth-order valence-electron chi connectivity index (χ4n) is 1.41. The number of nitriles is 1. The largest absolute Gasteiger partial charge is 0.476 e. The van der Waals surface area contributed by atoms with Gasteiger partial charge in [0.05, 0.1) is 5.56 Å². The Labute approximate surface area is 117 Å². The van der Waals surface area contributed by atoms with Gasteiger partial charge in [0.2, 0.25) is 0 Å². The van der Waals surface area contributed by atoms with Crippen LogP contribution in [-0.2, 0) is 0 Å². The van der Waals surface area contributed by atoms with E-state index in [4.69, 9.17) is 15.1 Å². The molecule has 0 aliphatic carbocycles. The number of aromatic carboxylic acids is 1. The lowest BCUT2D eigenvalue weighted by Crippen LogP contribution is -2.02. The number of carbonyl (C=O) groups is 1. The highest BCUT2D eigenvalue weighted by molar-refractivity contribution is 9.10. The van der Waals surface area contributed by atoms with Crippen LogP contribution in [0.25, 0.3) is 0 Å². The van der Waals surface area contributed by atoms with Crippen LogP contribution in [0.4, 0.5) is 0 Å². The van der Waals surface area contributed by atoms with Crippen molar-refractivity contribution in [2.45, 2.75) is 0 Å². The van der Waals surface area contributed by atoms with Gasteiger partial charge in [-0.1, -0.05) is 0 Å². The molecule has 0 unspecified atom stereocenters. The third-order valence-corrected chi connectivity index (χ3v) is 2.92. The molecule has 0 spiro atoms. The molecule has 0 radical (unpaired) electrons. The Bertz CT molecular complexity index is 680. The average molecular weight is 319 g/mol. The van der Waals surface area contributed by atoms with E-state index in [0.717, 1.165) is 0 Å². The van der Waals surface area contributed by atoms with E-state index in [1.165, 1.54) is 12.3 Å². The first kappa shape index (κ1) is 13.1. The predicted octanol–water partition coefficient (Wildman–Crippen LogP) is 3.21. The molecule has 0 fully saturated rings. The molecule has 0 aliphatic rings. The first-order chi connectivity index (χ1) is 9.11. The molecule has 94 valence electrons. The van der Waals surface area contributed by atoms with Crippen LogP contribution in [0.1, 0.15) is 16.1 Å². The zero-order valence-electron chi connectivity index (χ0n) is 9.50. The summed E-state index contributed by atoms with van der Waals surface area (Å²) < 4.78 is 6.05. The Kier molecular flexibility index (Phi) is 3.78. The number of pyridine rings is 1. The standard InChI is InChI=1S/C13H7BrN2O3/c14-10-6-9(4-3-8(10)7-15)19-11-2-1-5-16-12(11)13(17)18/h1-6H,(H,17,18). The fraction of sp³-hybridized carbons (Fsp3) is 0. The second-order valence-electron chi connectivity index (χ2n) is 3.51. The SMILES string of the molecule is N#Cc1ccc(Oc2cccnc2C(=O)O)cc1Br. The van der Waals surface area contributed by atoms with Gasteiger partial charge in [0.25, 0.3) is 0 Å². The number of nitrogens with zero attached hydrogens (tertiary/aromatic N) is 2. The van der Waals surface area contributed by atoms with Gasteiger partial charge in [0.15, 0.2) is 11.4 Å². The first-order valence-corrected chi connectivity index (χ1v) is 5.97. The topological polar surface area (TPSA) is 83.2 Å². The Hall–Kier alpha value is -2.39. The monoisotopic (exact) mass is 318 g/mol. The van der Waals surface area contributed by atoms with E-state index < -0.39 is 5.97 Å². The number of carboxylic acid groups (broad SMARTS) is 1. The highest BCUT2D eigenvalue weighted by Crippen LogP contribution is 2.28. The number of halogens is 1. The van der Waals surface area contributed by atoms with Crippen LogP contribution in [0, 0.1) is 11.3 Å². The Morgan fingerprint density at radius 3 is 2.84 bits per heavy atom. The Balaban J connectivity index is 2.34. The zero-order valence-corrected chi connectivity index (χ0v) is 11.1. The molecule has 0 bridgehead atoms. The Morgan fingerprint density at radius 2 is 2.21 bits per heavy atom. The molecule has 2 rings (SSSR count). The van der Waals surface area contributed by atoms with Crippen molar-refractivity contribution in [3.8, 4) is 17.6 Å². The van der Waals surface area contributed by atoms with Crippen molar-refractivity contribution in [1.82, 2.24) is 4.98 Å². The molecular weight excluding hydrogens is 312 g/mol. The van der Waals surface area contributed by atoms with Crippen molar-refractivity contribution in [3.05, 3.63) is 52.3 Å². The van der Waals surface area contributed by atoms with Crippen LogP contribution in [0.3, 0.4) is 0 Å². The minimum atomic E-state index is -1.16. The molecule has 5 nitrogen and oxygen atoms in total. The zero-order chi connectivity index (χ0) is 13.8. The molecule has 0 atom stereocenters. The molecule has 2 aromatic rings. The molecule has 1 N–H and O–H groups in total. The van der Waals surface area contributed by atoms with Crippen molar-refractivity contribution in [2.24, 2.45) is 0 Å². The summed E-state index contributed by atoms with van der Waals surface area (Å²) in [5, 5.41) is 17.8. The van der Waals surface area contributed by atoms with E-state index in [-0.39, 0.29) is 11.4 Å². The van der Waals surface area contributed by atoms with E-state index in [1.807, 2.05) is 6.07 Å². The number of carboxylic acids is 1. The minimum Gasteiger partial charge on any atom is -0.476 e. The predicted molar refractivity (Wildman–Crippen MR) is 70.1 cm³/mol. The maximum Gasteiger partial charge on any atom is 0.358 e. The maximum atomic E-state index is 11.0. The van der Waals surface area contributed by atoms with Crippen LogP contribution < -0.4 is 4.74 Å². The summed E-state index contributed by atoms with van der Waals surface area (Å²) in [5.74, 6) is -0.601. The van der Waals surface area contributed by atoms with Crippen LogP contribution in [0.5, 0.6) is 11.5 Å². The summed E-state index contributed by atoms with van der Waals surface area (Å²) in [6.07, 6.45) is 1.38. The molecule has 0 saturated heterocycles. The normalized spacial score (nSPS) is 9.68. The highest BCUT2D eigenvalue weighted by Gasteiger charge is 2.13. The van der Waals surface area contributed by atoms with Gasteiger partial charge in [-0.3, -0.25) is 0 Å². The molecule has 0 aliphatic heterocycles. The van der Waals surface area contributed by atoms with E-state index in [9.17, 15) is 4.79 Å². The van der Waals surface area contributed by atoms with Crippen LogP contribution in [0.2, 0.25) is 0 Å². The van der Waals surface area contributed by atoms with Gasteiger partial charge in [-0.2, -0.15) is 5.26 Å². The van der Waals surface area contributed by atoms with E-state index in [0.29, 0.717) is 15.8 Å². The maximum absolute atomic E-state index is 11.0. The summed E-state index contributed by atoms with van der Waals surface area (Å²) in [5.41, 5.74) is 0.306. The van der Waals surface area contributed by atoms with E-state index in [1.54, 1.807) is 24.3 Å². The number of aromatic nitrogens is 1. The molecular formula is C13H7BrN2O3. The van der Waals surface area contributed by atoms with E-state index >= 15 is 0 Å². The average Bonchev–Trinajstić information content (AvgIpc) is 2.39.